The molecule has 1 amide bonds. The van der Waals surface area contributed by atoms with Crippen molar-refractivity contribution in [2.24, 2.45) is 5.10 Å². The maximum absolute atomic E-state index is 12.1. The van der Waals surface area contributed by atoms with E-state index in [0.717, 1.165) is 25.3 Å². The summed E-state index contributed by atoms with van der Waals surface area (Å²) in [5.74, 6) is 0.417. The Morgan fingerprint density at radius 2 is 1.86 bits per heavy atom. The van der Waals surface area contributed by atoms with E-state index in [1.165, 1.54) is 0 Å². The van der Waals surface area contributed by atoms with Crippen molar-refractivity contribution < 1.29 is 14.6 Å². The number of rotatable bonds is 6. The second kappa shape index (κ2) is 9.21. The standard InChI is InChI=1S/C21H18Br2N2O3/c1-2-18(13-3-7-16(26)8-4-13)24-25-20(27)12-28-19-10-5-14-11-15(22)6-9-17(14)21(19)23/h3-11,26H,2,12H2,1H3,(H,25,27). The number of hydrazone groups is 1. The number of amides is 1. The molecule has 0 aromatic heterocycles. The summed E-state index contributed by atoms with van der Waals surface area (Å²) < 4.78 is 7.45. The molecule has 0 saturated carbocycles. The number of carbonyl (C=O) groups excluding carboxylic acids is 1. The van der Waals surface area contributed by atoms with Crippen molar-refractivity contribution in [2.75, 3.05) is 6.61 Å². The maximum atomic E-state index is 12.1. The molecular weight excluding hydrogens is 488 g/mol. The molecule has 0 atom stereocenters. The van der Waals surface area contributed by atoms with Crippen LogP contribution >= 0.6 is 31.9 Å². The zero-order chi connectivity index (χ0) is 20.1. The minimum absolute atomic E-state index is 0.156. The number of hydrogen-bond acceptors (Lipinski definition) is 4. The van der Waals surface area contributed by atoms with Gasteiger partial charge < -0.3 is 9.84 Å². The van der Waals surface area contributed by atoms with E-state index in [9.17, 15) is 9.90 Å². The van der Waals surface area contributed by atoms with Crippen molar-refractivity contribution >= 4 is 54.3 Å². The van der Waals surface area contributed by atoms with Gasteiger partial charge >= 0.3 is 0 Å². The third-order valence-electron chi connectivity index (χ3n) is 4.09. The number of ether oxygens (including phenoxy) is 1. The highest BCUT2D eigenvalue weighted by molar-refractivity contribution is 9.11. The largest absolute Gasteiger partial charge is 0.508 e. The van der Waals surface area contributed by atoms with Crippen LogP contribution in [0.4, 0.5) is 0 Å². The Morgan fingerprint density at radius 1 is 1.11 bits per heavy atom. The molecule has 28 heavy (non-hydrogen) atoms. The van der Waals surface area contributed by atoms with Gasteiger partial charge in [0.05, 0.1) is 10.2 Å². The Kier molecular flexibility index (Phi) is 6.70. The molecule has 144 valence electrons. The molecule has 0 aliphatic rings. The minimum atomic E-state index is -0.354. The molecule has 0 unspecified atom stereocenters. The van der Waals surface area contributed by atoms with E-state index in [4.69, 9.17) is 4.74 Å². The summed E-state index contributed by atoms with van der Waals surface area (Å²) in [6.45, 7) is 1.79. The molecule has 7 heteroatoms. The molecule has 0 radical (unpaired) electrons. The maximum Gasteiger partial charge on any atom is 0.277 e. The average molecular weight is 506 g/mol. The van der Waals surface area contributed by atoms with Crippen LogP contribution in [-0.2, 0) is 4.79 Å². The number of phenolic OH excluding ortho intramolecular Hbond substituents is 1. The number of nitrogens with zero attached hydrogens (tertiary/aromatic N) is 1. The van der Waals surface area contributed by atoms with E-state index in [-0.39, 0.29) is 18.3 Å². The van der Waals surface area contributed by atoms with E-state index in [1.807, 2.05) is 37.3 Å². The summed E-state index contributed by atoms with van der Waals surface area (Å²) in [4.78, 5) is 12.1. The van der Waals surface area contributed by atoms with Gasteiger partial charge in [-0.15, -0.1) is 0 Å². The zero-order valence-corrected chi connectivity index (χ0v) is 18.2. The van der Waals surface area contributed by atoms with Gasteiger partial charge in [0.1, 0.15) is 11.5 Å². The van der Waals surface area contributed by atoms with Crippen LogP contribution in [-0.4, -0.2) is 23.3 Å². The molecule has 0 aliphatic heterocycles. The van der Waals surface area contributed by atoms with Gasteiger partial charge in [-0.2, -0.15) is 5.10 Å². The first kappa shape index (κ1) is 20.4. The lowest BCUT2D eigenvalue weighted by molar-refractivity contribution is -0.123. The summed E-state index contributed by atoms with van der Waals surface area (Å²) in [5.41, 5.74) is 4.07. The summed E-state index contributed by atoms with van der Waals surface area (Å²) in [6.07, 6.45) is 0.637. The van der Waals surface area contributed by atoms with Gasteiger partial charge in [-0.25, -0.2) is 5.43 Å². The number of phenols is 1. The molecule has 0 aliphatic carbocycles. The molecule has 0 heterocycles. The summed E-state index contributed by atoms with van der Waals surface area (Å²) in [5, 5.41) is 15.6. The lowest BCUT2D eigenvalue weighted by atomic mass is 10.1. The summed E-state index contributed by atoms with van der Waals surface area (Å²) >= 11 is 7.00. The average Bonchev–Trinajstić information content (AvgIpc) is 2.69. The van der Waals surface area contributed by atoms with Crippen LogP contribution in [0.15, 0.2) is 68.6 Å². The lowest BCUT2D eigenvalue weighted by Crippen LogP contribution is -2.26. The Hall–Kier alpha value is -2.38. The van der Waals surface area contributed by atoms with E-state index < -0.39 is 0 Å². The molecule has 0 bridgehead atoms. The normalized spacial score (nSPS) is 11.5. The van der Waals surface area contributed by atoms with Crippen molar-refractivity contribution in [2.45, 2.75) is 13.3 Å². The first-order valence-electron chi connectivity index (χ1n) is 8.63. The van der Waals surface area contributed by atoms with Gasteiger partial charge in [0.25, 0.3) is 5.91 Å². The molecule has 3 aromatic rings. The number of hydrogen-bond donors (Lipinski definition) is 2. The fourth-order valence-corrected chi connectivity index (χ4v) is 3.65. The second-order valence-corrected chi connectivity index (χ2v) is 7.73. The quantitative estimate of drug-likeness (QED) is 0.349. The van der Waals surface area contributed by atoms with Gasteiger partial charge in [-0.05, 0) is 81.2 Å². The molecule has 5 nitrogen and oxygen atoms in total. The summed E-state index contributed by atoms with van der Waals surface area (Å²) in [6, 6.07) is 16.4. The predicted molar refractivity (Wildman–Crippen MR) is 118 cm³/mol. The highest BCUT2D eigenvalue weighted by Gasteiger charge is 2.09. The topological polar surface area (TPSA) is 70.9 Å². The molecule has 3 rings (SSSR count). The number of halogens is 2. The number of carbonyl (C=O) groups is 1. The van der Waals surface area contributed by atoms with Crippen molar-refractivity contribution in [3.8, 4) is 11.5 Å². The predicted octanol–water partition coefficient (Wildman–Crippen LogP) is 5.38. The van der Waals surface area contributed by atoms with Gasteiger partial charge in [-0.1, -0.05) is 35.0 Å². The fourth-order valence-electron chi connectivity index (χ4n) is 2.66. The smallest absolute Gasteiger partial charge is 0.277 e. The summed E-state index contributed by atoms with van der Waals surface area (Å²) in [7, 11) is 0. The lowest BCUT2D eigenvalue weighted by Gasteiger charge is -2.10. The molecule has 0 spiro atoms. The van der Waals surface area contributed by atoms with Gasteiger partial charge in [0.2, 0.25) is 0 Å². The number of fused-ring (bicyclic) bond motifs is 1. The monoisotopic (exact) mass is 504 g/mol. The molecule has 2 N–H and O–H groups in total. The van der Waals surface area contributed by atoms with E-state index in [1.54, 1.807) is 24.3 Å². The van der Waals surface area contributed by atoms with E-state index >= 15 is 0 Å². The van der Waals surface area contributed by atoms with Gasteiger partial charge in [0, 0.05) is 4.47 Å². The van der Waals surface area contributed by atoms with Gasteiger partial charge in [-0.3, -0.25) is 4.79 Å². The Bertz CT molecular complexity index is 1030. The van der Waals surface area contributed by atoms with Crippen LogP contribution in [0, 0.1) is 0 Å². The van der Waals surface area contributed by atoms with Gasteiger partial charge in [0.15, 0.2) is 6.61 Å². The van der Waals surface area contributed by atoms with E-state index in [0.29, 0.717) is 17.9 Å². The molecule has 3 aromatic carbocycles. The van der Waals surface area contributed by atoms with Crippen LogP contribution in [0.2, 0.25) is 0 Å². The third-order valence-corrected chi connectivity index (χ3v) is 5.40. The SMILES string of the molecule is CCC(=NNC(=O)COc1ccc2cc(Br)ccc2c1Br)c1ccc(O)cc1. The fraction of sp³-hybridized carbons (Fsp3) is 0.143. The molecular formula is C21H18Br2N2O3. The highest BCUT2D eigenvalue weighted by atomic mass is 79.9. The second-order valence-electron chi connectivity index (χ2n) is 6.03. The van der Waals surface area contributed by atoms with E-state index in [2.05, 4.69) is 42.4 Å². The zero-order valence-electron chi connectivity index (χ0n) is 15.1. The Balaban J connectivity index is 1.65. The van der Waals surface area contributed by atoms with Crippen molar-refractivity contribution in [1.82, 2.24) is 5.43 Å². The highest BCUT2D eigenvalue weighted by Crippen LogP contribution is 2.34. The third kappa shape index (κ3) is 4.91. The first-order valence-corrected chi connectivity index (χ1v) is 10.2. The van der Waals surface area contributed by atoms with Crippen LogP contribution in [0.5, 0.6) is 11.5 Å². The van der Waals surface area contributed by atoms with Crippen molar-refractivity contribution in [3.05, 3.63) is 69.1 Å². The Labute approximate surface area is 179 Å². The van der Waals surface area contributed by atoms with Crippen molar-refractivity contribution in [3.63, 3.8) is 0 Å². The molecule has 0 saturated heterocycles. The van der Waals surface area contributed by atoms with Crippen LogP contribution in [0.1, 0.15) is 18.9 Å². The molecule has 0 fully saturated rings. The van der Waals surface area contributed by atoms with Crippen LogP contribution in [0.25, 0.3) is 10.8 Å². The number of nitrogens with one attached hydrogen (secondary N) is 1. The van der Waals surface area contributed by atoms with Crippen molar-refractivity contribution in [1.29, 1.82) is 0 Å². The number of benzene rings is 3. The minimum Gasteiger partial charge on any atom is -0.508 e. The Morgan fingerprint density at radius 3 is 2.57 bits per heavy atom. The van der Waals surface area contributed by atoms with Crippen LogP contribution in [0.3, 0.4) is 0 Å². The number of aromatic hydroxyl groups is 1. The first-order chi connectivity index (χ1) is 13.5. The van der Waals surface area contributed by atoms with Crippen LogP contribution < -0.4 is 10.2 Å².